The second kappa shape index (κ2) is 8.10. The Bertz CT molecular complexity index is 652. The van der Waals surface area contributed by atoms with Gasteiger partial charge in [-0.15, -0.1) is 0 Å². The molecule has 0 aliphatic carbocycles. The third kappa shape index (κ3) is 4.93. The minimum Gasteiger partial charge on any atom is -0.446 e. The molecule has 0 aliphatic rings. The summed E-state index contributed by atoms with van der Waals surface area (Å²) in [6.45, 7) is 1.76. The summed E-state index contributed by atoms with van der Waals surface area (Å²) in [7, 11) is 1.39. The minimum absolute atomic E-state index is 0.207. The maximum atomic E-state index is 12.5. The lowest BCUT2D eigenvalue weighted by Crippen LogP contribution is -2.27. The molecule has 1 amide bonds. The number of hydrogen-bond donors (Lipinski definition) is 1. The Hall–Kier alpha value is -2.66. The molecule has 0 aliphatic heterocycles. The van der Waals surface area contributed by atoms with Crippen LogP contribution in [0.4, 0.5) is 5.69 Å². The molecule has 1 atom stereocenters. The van der Waals surface area contributed by atoms with Crippen LogP contribution in [0.3, 0.4) is 0 Å². The van der Waals surface area contributed by atoms with Gasteiger partial charge in [-0.1, -0.05) is 48.0 Å². The summed E-state index contributed by atoms with van der Waals surface area (Å²) in [4.78, 5) is 24.2. The number of carbonyl (C=O) groups is 2. The van der Waals surface area contributed by atoms with E-state index in [9.17, 15) is 9.59 Å². The van der Waals surface area contributed by atoms with Gasteiger partial charge in [-0.2, -0.15) is 0 Å². The van der Waals surface area contributed by atoms with Gasteiger partial charge in [-0.25, -0.2) is 4.79 Å². The highest BCUT2D eigenvalue weighted by atomic mass is 16.6. The lowest BCUT2D eigenvalue weighted by Gasteiger charge is -2.18. The van der Waals surface area contributed by atoms with Gasteiger partial charge in [0.05, 0.1) is 0 Å². The topological polar surface area (TPSA) is 64.6 Å². The SMILES string of the molecule is COCC(=O)O[C@H](C(=O)Nc1ccc(C)cc1)c1ccccc1. The number of nitrogens with one attached hydrogen (secondary N) is 1. The number of esters is 1. The van der Waals surface area contributed by atoms with Crippen molar-refractivity contribution < 1.29 is 19.1 Å². The molecule has 120 valence electrons. The highest BCUT2D eigenvalue weighted by Gasteiger charge is 2.25. The summed E-state index contributed by atoms with van der Waals surface area (Å²) in [5.74, 6) is -1.01. The van der Waals surface area contributed by atoms with Gasteiger partial charge in [-0.3, -0.25) is 4.79 Å². The molecule has 5 nitrogen and oxygen atoms in total. The molecule has 0 bridgehead atoms. The number of carbonyl (C=O) groups excluding carboxylic acids is 2. The fraction of sp³-hybridized carbons (Fsp3) is 0.222. The summed E-state index contributed by atoms with van der Waals surface area (Å²) in [5, 5.41) is 2.76. The van der Waals surface area contributed by atoms with Gasteiger partial charge in [-0.05, 0) is 19.1 Å². The summed E-state index contributed by atoms with van der Waals surface area (Å²) in [5.41, 5.74) is 2.33. The fourth-order valence-electron chi connectivity index (χ4n) is 2.03. The Kier molecular flexibility index (Phi) is 5.88. The van der Waals surface area contributed by atoms with Crippen LogP contribution in [-0.2, 0) is 19.1 Å². The van der Waals surface area contributed by atoms with Gasteiger partial charge in [0.25, 0.3) is 5.91 Å². The Labute approximate surface area is 135 Å². The molecule has 0 fully saturated rings. The molecule has 0 aromatic heterocycles. The molecule has 2 rings (SSSR count). The number of ether oxygens (including phenoxy) is 2. The van der Waals surface area contributed by atoms with Gasteiger partial charge in [0.2, 0.25) is 6.10 Å². The van der Waals surface area contributed by atoms with E-state index in [2.05, 4.69) is 5.32 Å². The fourth-order valence-corrected chi connectivity index (χ4v) is 2.03. The van der Waals surface area contributed by atoms with Crippen molar-refractivity contribution in [3.63, 3.8) is 0 Å². The molecule has 2 aromatic rings. The lowest BCUT2D eigenvalue weighted by molar-refractivity contribution is -0.158. The normalized spacial score (nSPS) is 11.6. The Morgan fingerprint density at radius 2 is 1.70 bits per heavy atom. The molecule has 23 heavy (non-hydrogen) atoms. The average molecular weight is 313 g/mol. The van der Waals surface area contributed by atoms with E-state index < -0.39 is 18.0 Å². The second-order valence-corrected chi connectivity index (χ2v) is 5.07. The standard InChI is InChI=1S/C18H19NO4/c1-13-8-10-15(11-9-13)19-18(21)17(23-16(20)12-22-2)14-6-4-3-5-7-14/h3-11,17H,12H2,1-2H3,(H,19,21)/t17-/m0/s1. The van der Waals surface area contributed by atoms with E-state index in [1.165, 1.54) is 7.11 Å². The van der Waals surface area contributed by atoms with Crippen LogP contribution in [0.25, 0.3) is 0 Å². The first-order valence-electron chi connectivity index (χ1n) is 7.21. The van der Waals surface area contributed by atoms with Gasteiger partial charge in [0.1, 0.15) is 6.61 Å². The van der Waals surface area contributed by atoms with Crippen molar-refractivity contribution in [3.8, 4) is 0 Å². The number of methoxy groups -OCH3 is 1. The number of benzene rings is 2. The summed E-state index contributed by atoms with van der Waals surface area (Å²) in [6, 6.07) is 16.2. The van der Waals surface area contributed by atoms with Crippen molar-refractivity contribution in [2.75, 3.05) is 19.0 Å². The van der Waals surface area contributed by atoms with Crippen molar-refractivity contribution in [3.05, 3.63) is 65.7 Å². The molecule has 0 saturated heterocycles. The quantitative estimate of drug-likeness (QED) is 0.833. The van der Waals surface area contributed by atoms with E-state index in [1.807, 2.05) is 25.1 Å². The van der Waals surface area contributed by atoms with Crippen LogP contribution in [0.15, 0.2) is 54.6 Å². The third-order valence-corrected chi connectivity index (χ3v) is 3.17. The van der Waals surface area contributed by atoms with E-state index in [4.69, 9.17) is 9.47 Å². The number of amides is 1. The molecule has 1 N–H and O–H groups in total. The van der Waals surface area contributed by atoms with Crippen LogP contribution < -0.4 is 5.32 Å². The highest BCUT2D eigenvalue weighted by molar-refractivity contribution is 5.96. The van der Waals surface area contributed by atoms with Crippen LogP contribution >= 0.6 is 0 Å². The van der Waals surface area contributed by atoms with Gasteiger partial charge in [0, 0.05) is 18.4 Å². The number of aryl methyl sites for hydroxylation is 1. The largest absolute Gasteiger partial charge is 0.446 e. The van der Waals surface area contributed by atoms with E-state index in [1.54, 1.807) is 36.4 Å². The highest BCUT2D eigenvalue weighted by Crippen LogP contribution is 2.20. The van der Waals surface area contributed by atoms with Crippen molar-refractivity contribution in [1.82, 2.24) is 0 Å². The Balaban J connectivity index is 2.16. The van der Waals surface area contributed by atoms with Gasteiger partial charge >= 0.3 is 5.97 Å². The Morgan fingerprint density at radius 1 is 1.04 bits per heavy atom. The molecule has 2 aromatic carbocycles. The molecular formula is C18H19NO4. The van der Waals surface area contributed by atoms with Crippen LogP contribution in [0, 0.1) is 6.92 Å². The molecule has 0 unspecified atom stereocenters. The lowest BCUT2D eigenvalue weighted by atomic mass is 10.1. The van der Waals surface area contributed by atoms with Crippen molar-refractivity contribution in [2.24, 2.45) is 0 Å². The maximum Gasteiger partial charge on any atom is 0.333 e. The minimum atomic E-state index is -1.03. The Morgan fingerprint density at radius 3 is 2.30 bits per heavy atom. The van der Waals surface area contributed by atoms with E-state index in [-0.39, 0.29) is 6.61 Å². The first-order valence-corrected chi connectivity index (χ1v) is 7.21. The zero-order chi connectivity index (χ0) is 16.7. The van der Waals surface area contributed by atoms with Crippen molar-refractivity contribution >= 4 is 17.6 Å². The van der Waals surface area contributed by atoms with Crippen LogP contribution in [0.5, 0.6) is 0 Å². The third-order valence-electron chi connectivity index (χ3n) is 3.17. The molecule has 0 radical (unpaired) electrons. The van der Waals surface area contributed by atoms with Crippen LogP contribution in [0.2, 0.25) is 0 Å². The smallest absolute Gasteiger partial charge is 0.333 e. The van der Waals surface area contributed by atoms with Crippen molar-refractivity contribution in [1.29, 1.82) is 0 Å². The second-order valence-electron chi connectivity index (χ2n) is 5.07. The molecule has 0 heterocycles. The van der Waals surface area contributed by atoms with Crippen LogP contribution in [-0.4, -0.2) is 25.6 Å². The number of rotatable bonds is 6. The predicted molar refractivity (Wildman–Crippen MR) is 87.0 cm³/mol. The molecule has 5 heteroatoms. The first kappa shape index (κ1) is 16.7. The van der Waals surface area contributed by atoms with E-state index in [0.717, 1.165) is 5.56 Å². The van der Waals surface area contributed by atoms with Crippen molar-refractivity contribution in [2.45, 2.75) is 13.0 Å². The molecule has 0 spiro atoms. The van der Waals surface area contributed by atoms with Crippen LogP contribution in [0.1, 0.15) is 17.2 Å². The predicted octanol–water partition coefficient (Wildman–Crippen LogP) is 2.86. The monoisotopic (exact) mass is 313 g/mol. The summed E-state index contributed by atoms with van der Waals surface area (Å²) in [6.07, 6.45) is -1.03. The zero-order valence-electron chi connectivity index (χ0n) is 13.1. The number of hydrogen-bond acceptors (Lipinski definition) is 4. The first-order chi connectivity index (χ1) is 11.1. The van der Waals surface area contributed by atoms with Gasteiger partial charge in [0.15, 0.2) is 0 Å². The van der Waals surface area contributed by atoms with E-state index in [0.29, 0.717) is 11.3 Å². The summed E-state index contributed by atoms with van der Waals surface area (Å²) < 4.78 is 10.0. The van der Waals surface area contributed by atoms with Gasteiger partial charge < -0.3 is 14.8 Å². The number of anilines is 1. The molecular weight excluding hydrogens is 294 g/mol. The average Bonchev–Trinajstić information content (AvgIpc) is 2.56. The maximum absolute atomic E-state index is 12.5. The summed E-state index contributed by atoms with van der Waals surface area (Å²) >= 11 is 0. The van der Waals surface area contributed by atoms with E-state index >= 15 is 0 Å². The zero-order valence-corrected chi connectivity index (χ0v) is 13.1. The molecule has 0 saturated carbocycles.